The third kappa shape index (κ3) is 5.81. The molecule has 1 aromatic rings. The van der Waals surface area contributed by atoms with Gasteiger partial charge in [-0.15, -0.1) is 0 Å². The number of ether oxygens (including phenoxy) is 4. The van der Waals surface area contributed by atoms with Gasteiger partial charge in [0.15, 0.2) is 11.5 Å². The highest BCUT2D eigenvalue weighted by atomic mass is 35.5. The summed E-state index contributed by atoms with van der Waals surface area (Å²) in [5, 5.41) is 7.73. The molecule has 0 amide bonds. The van der Waals surface area contributed by atoms with Crippen LogP contribution in [0.15, 0.2) is 18.2 Å². The van der Waals surface area contributed by atoms with Gasteiger partial charge in [0.2, 0.25) is 0 Å². The van der Waals surface area contributed by atoms with Crippen LogP contribution in [-0.4, -0.2) is 58.8 Å². The van der Waals surface area contributed by atoms with E-state index in [1.165, 1.54) is 25.3 Å². The summed E-state index contributed by atoms with van der Waals surface area (Å²) in [6.45, 7) is 1.27. The van der Waals surface area contributed by atoms with Crippen molar-refractivity contribution in [3.63, 3.8) is 0 Å². The molecule has 1 unspecified atom stereocenters. The van der Waals surface area contributed by atoms with Crippen molar-refractivity contribution in [3.8, 4) is 11.5 Å². The number of halogens is 1. The summed E-state index contributed by atoms with van der Waals surface area (Å²) in [5.74, 6) is -0.494. The van der Waals surface area contributed by atoms with Crippen LogP contribution in [0.5, 0.6) is 11.5 Å². The SMILES string of the molecule is COCCOc1ccc(C(O)(Cl)C(=O)OOC)cc1OCCOC. The van der Waals surface area contributed by atoms with E-state index in [1.54, 1.807) is 7.11 Å². The lowest BCUT2D eigenvalue weighted by molar-refractivity contribution is -0.265. The van der Waals surface area contributed by atoms with E-state index < -0.39 is 11.0 Å². The number of aliphatic hydroxyl groups is 1. The molecule has 0 spiro atoms. The number of methoxy groups -OCH3 is 2. The summed E-state index contributed by atoms with van der Waals surface area (Å²) >= 11 is 5.86. The first-order chi connectivity index (χ1) is 11.5. The molecule has 1 N–H and O–H groups in total. The number of hydrogen-bond donors (Lipinski definition) is 1. The van der Waals surface area contributed by atoms with Crippen molar-refractivity contribution in [1.82, 2.24) is 0 Å². The molecule has 24 heavy (non-hydrogen) atoms. The molecule has 0 aliphatic heterocycles. The fraction of sp³-hybridized carbons (Fsp3) is 0.533. The highest BCUT2D eigenvalue weighted by molar-refractivity contribution is 6.32. The number of rotatable bonds is 11. The lowest BCUT2D eigenvalue weighted by Crippen LogP contribution is -2.31. The van der Waals surface area contributed by atoms with Crippen molar-refractivity contribution in [3.05, 3.63) is 23.8 Å². The minimum absolute atomic E-state index is 0.0396. The van der Waals surface area contributed by atoms with Crippen LogP contribution in [0.25, 0.3) is 0 Å². The summed E-state index contributed by atoms with van der Waals surface area (Å²) in [6, 6.07) is 4.30. The average molecular weight is 365 g/mol. The molecule has 0 fully saturated rings. The molecule has 9 heteroatoms. The van der Waals surface area contributed by atoms with Crippen molar-refractivity contribution in [2.45, 2.75) is 5.06 Å². The third-order valence-corrected chi connectivity index (χ3v) is 3.22. The zero-order chi connectivity index (χ0) is 18.0. The van der Waals surface area contributed by atoms with Gasteiger partial charge >= 0.3 is 5.97 Å². The van der Waals surface area contributed by atoms with E-state index in [0.717, 1.165) is 7.11 Å². The maximum Gasteiger partial charge on any atom is 0.393 e. The minimum atomic E-state index is -2.43. The van der Waals surface area contributed by atoms with Crippen LogP contribution in [0.1, 0.15) is 5.56 Å². The molecule has 1 rings (SSSR count). The van der Waals surface area contributed by atoms with Crippen LogP contribution >= 0.6 is 11.6 Å². The number of carbonyl (C=O) groups excluding carboxylic acids is 1. The van der Waals surface area contributed by atoms with Crippen molar-refractivity contribution in [2.75, 3.05) is 47.8 Å². The standard InChI is InChI=1S/C15H21ClO8/c1-19-6-8-22-12-5-4-11(10-13(12)23-9-7-20-2)15(16,18)14(17)24-21-3/h4-5,10,18H,6-9H2,1-3H3. The number of carbonyl (C=O) groups is 1. The van der Waals surface area contributed by atoms with Crippen LogP contribution in [0.3, 0.4) is 0 Å². The summed E-state index contributed by atoms with van der Waals surface area (Å²) in [7, 11) is 4.21. The van der Waals surface area contributed by atoms with Crippen LogP contribution in [0.4, 0.5) is 0 Å². The molecule has 0 bridgehead atoms. The summed E-state index contributed by atoms with van der Waals surface area (Å²) in [4.78, 5) is 20.2. The Hall–Kier alpha value is -1.58. The summed E-state index contributed by atoms with van der Waals surface area (Å²) < 4.78 is 20.9. The van der Waals surface area contributed by atoms with Gasteiger partial charge in [0.05, 0.1) is 20.3 Å². The fourth-order valence-corrected chi connectivity index (χ4v) is 1.81. The molecule has 0 radical (unpaired) electrons. The van der Waals surface area contributed by atoms with Gasteiger partial charge < -0.3 is 24.1 Å². The van der Waals surface area contributed by atoms with E-state index in [4.69, 9.17) is 30.5 Å². The second-order valence-corrected chi connectivity index (χ2v) is 5.05. The van der Waals surface area contributed by atoms with E-state index in [0.29, 0.717) is 25.6 Å². The normalized spacial score (nSPS) is 13.2. The lowest BCUT2D eigenvalue weighted by Gasteiger charge is -2.20. The molecule has 8 nitrogen and oxygen atoms in total. The maximum absolute atomic E-state index is 11.7. The predicted molar refractivity (Wildman–Crippen MR) is 84.0 cm³/mol. The molecule has 1 aromatic carbocycles. The maximum atomic E-state index is 11.7. The average Bonchev–Trinajstić information content (AvgIpc) is 2.56. The van der Waals surface area contributed by atoms with Crippen molar-refractivity contribution >= 4 is 17.6 Å². The van der Waals surface area contributed by atoms with Gasteiger partial charge in [-0.3, -0.25) is 4.89 Å². The Morgan fingerprint density at radius 3 is 2.17 bits per heavy atom. The zero-order valence-electron chi connectivity index (χ0n) is 13.7. The molecule has 0 aliphatic rings. The van der Waals surface area contributed by atoms with Gasteiger partial charge in [-0.25, -0.2) is 4.79 Å². The molecular weight excluding hydrogens is 344 g/mol. The van der Waals surface area contributed by atoms with Crippen LogP contribution in [0.2, 0.25) is 0 Å². The van der Waals surface area contributed by atoms with E-state index in [-0.39, 0.29) is 17.9 Å². The Labute approximate surface area is 145 Å². The molecular formula is C15H21ClO8. The Kier molecular flexibility index (Phi) is 8.80. The monoisotopic (exact) mass is 364 g/mol. The number of hydrogen-bond acceptors (Lipinski definition) is 8. The van der Waals surface area contributed by atoms with Crippen LogP contribution < -0.4 is 9.47 Å². The lowest BCUT2D eigenvalue weighted by atomic mass is 10.1. The van der Waals surface area contributed by atoms with E-state index in [2.05, 4.69) is 9.78 Å². The van der Waals surface area contributed by atoms with Gasteiger partial charge in [-0.05, 0) is 12.1 Å². The topological polar surface area (TPSA) is 92.7 Å². The first kappa shape index (κ1) is 20.5. The molecule has 0 heterocycles. The van der Waals surface area contributed by atoms with Gasteiger partial charge in [-0.2, -0.15) is 4.89 Å². The zero-order valence-corrected chi connectivity index (χ0v) is 14.5. The molecule has 0 aliphatic carbocycles. The second kappa shape index (κ2) is 10.3. The third-order valence-electron chi connectivity index (χ3n) is 2.85. The number of alkyl halides is 1. The van der Waals surface area contributed by atoms with E-state index in [1.807, 2.05) is 0 Å². The van der Waals surface area contributed by atoms with Gasteiger partial charge in [0, 0.05) is 19.8 Å². The second-order valence-electron chi connectivity index (χ2n) is 4.50. The first-order valence-corrected chi connectivity index (χ1v) is 7.39. The predicted octanol–water partition coefficient (Wildman–Crippen LogP) is 1.23. The Bertz CT molecular complexity index is 520. The molecule has 0 aromatic heterocycles. The van der Waals surface area contributed by atoms with Gasteiger partial charge in [-0.1, -0.05) is 17.7 Å². The molecule has 136 valence electrons. The quantitative estimate of drug-likeness (QED) is 0.271. The van der Waals surface area contributed by atoms with Gasteiger partial charge in [0.1, 0.15) is 13.2 Å². The minimum Gasteiger partial charge on any atom is -0.487 e. The highest BCUT2D eigenvalue weighted by Gasteiger charge is 2.39. The Balaban J connectivity index is 3.02. The van der Waals surface area contributed by atoms with Gasteiger partial charge in [0.25, 0.3) is 5.06 Å². The van der Waals surface area contributed by atoms with E-state index in [9.17, 15) is 9.90 Å². The summed E-state index contributed by atoms with van der Waals surface area (Å²) in [5.41, 5.74) is 0.0396. The fourth-order valence-electron chi connectivity index (χ4n) is 1.66. The smallest absolute Gasteiger partial charge is 0.393 e. The Morgan fingerprint density at radius 1 is 1.04 bits per heavy atom. The highest BCUT2D eigenvalue weighted by Crippen LogP contribution is 2.35. The van der Waals surface area contributed by atoms with E-state index >= 15 is 0 Å². The van der Waals surface area contributed by atoms with Crippen molar-refractivity contribution in [1.29, 1.82) is 0 Å². The molecule has 0 saturated heterocycles. The molecule has 0 saturated carbocycles. The Morgan fingerprint density at radius 2 is 1.62 bits per heavy atom. The largest absolute Gasteiger partial charge is 0.487 e. The molecule has 1 atom stereocenters. The summed E-state index contributed by atoms with van der Waals surface area (Å²) in [6.07, 6.45) is 0. The van der Waals surface area contributed by atoms with Crippen molar-refractivity contribution < 1.29 is 38.6 Å². The first-order valence-electron chi connectivity index (χ1n) is 7.01. The number of benzene rings is 1. The van der Waals surface area contributed by atoms with Crippen molar-refractivity contribution in [2.24, 2.45) is 0 Å². The van der Waals surface area contributed by atoms with Crippen LogP contribution in [0, 0.1) is 0 Å². The van der Waals surface area contributed by atoms with Crippen LogP contribution in [-0.2, 0) is 29.1 Å².